The summed E-state index contributed by atoms with van der Waals surface area (Å²) < 4.78 is 5.90. The van der Waals surface area contributed by atoms with Crippen LogP contribution in [0.3, 0.4) is 0 Å². The lowest BCUT2D eigenvalue weighted by molar-refractivity contribution is 0.296. The van der Waals surface area contributed by atoms with Gasteiger partial charge in [0.2, 0.25) is 0 Å². The quantitative estimate of drug-likeness (QED) is 0.808. The second kappa shape index (κ2) is 8.00. The molecule has 118 valence electrons. The highest BCUT2D eigenvalue weighted by molar-refractivity contribution is 5.32. The van der Waals surface area contributed by atoms with Crippen LogP contribution in [-0.4, -0.2) is 13.2 Å². The van der Waals surface area contributed by atoms with E-state index in [1.807, 2.05) is 18.2 Å². The molecule has 2 aromatic rings. The smallest absolute Gasteiger partial charge is 0.122 e. The minimum atomic E-state index is 0.352. The van der Waals surface area contributed by atoms with E-state index in [9.17, 15) is 0 Å². The van der Waals surface area contributed by atoms with Crippen molar-refractivity contribution in [2.45, 2.75) is 39.0 Å². The van der Waals surface area contributed by atoms with Crippen molar-refractivity contribution < 1.29 is 4.74 Å². The van der Waals surface area contributed by atoms with Gasteiger partial charge in [-0.05, 0) is 54.5 Å². The SMILES string of the molecule is Cc1ccccc1OCCC(CN)c1ccc(C(C)C)cc1. The lowest BCUT2D eigenvalue weighted by atomic mass is 9.93. The standard InChI is InChI=1S/C20H27NO/c1-15(2)17-8-10-18(11-9-17)19(14-21)12-13-22-20-7-5-4-6-16(20)3/h4-11,15,19H,12-14,21H2,1-3H3. The summed E-state index contributed by atoms with van der Waals surface area (Å²) in [7, 11) is 0. The molecule has 2 aromatic carbocycles. The molecule has 0 aliphatic heterocycles. The Kier molecular flexibility index (Phi) is 6.02. The van der Waals surface area contributed by atoms with Crippen molar-refractivity contribution in [1.82, 2.24) is 0 Å². The molecule has 2 heteroatoms. The zero-order chi connectivity index (χ0) is 15.9. The van der Waals surface area contributed by atoms with Gasteiger partial charge in [-0.1, -0.05) is 56.3 Å². The molecule has 0 heterocycles. The monoisotopic (exact) mass is 297 g/mol. The third-order valence-corrected chi connectivity index (χ3v) is 4.18. The van der Waals surface area contributed by atoms with E-state index in [2.05, 4.69) is 51.1 Å². The zero-order valence-electron chi connectivity index (χ0n) is 13.9. The van der Waals surface area contributed by atoms with Gasteiger partial charge >= 0.3 is 0 Å². The van der Waals surface area contributed by atoms with Crippen molar-refractivity contribution in [3.63, 3.8) is 0 Å². The van der Waals surface area contributed by atoms with E-state index in [4.69, 9.17) is 10.5 Å². The Morgan fingerprint density at radius 2 is 1.59 bits per heavy atom. The van der Waals surface area contributed by atoms with E-state index >= 15 is 0 Å². The molecule has 1 unspecified atom stereocenters. The molecule has 1 atom stereocenters. The maximum Gasteiger partial charge on any atom is 0.122 e. The van der Waals surface area contributed by atoms with E-state index < -0.39 is 0 Å². The van der Waals surface area contributed by atoms with Gasteiger partial charge in [0.15, 0.2) is 0 Å². The van der Waals surface area contributed by atoms with Crippen molar-refractivity contribution in [1.29, 1.82) is 0 Å². The fourth-order valence-corrected chi connectivity index (χ4v) is 2.60. The Balaban J connectivity index is 1.93. The van der Waals surface area contributed by atoms with E-state index in [1.165, 1.54) is 16.7 Å². The highest BCUT2D eigenvalue weighted by atomic mass is 16.5. The Morgan fingerprint density at radius 1 is 0.955 bits per heavy atom. The van der Waals surface area contributed by atoms with Crippen LogP contribution in [0.1, 0.15) is 48.8 Å². The first kappa shape index (κ1) is 16.6. The molecule has 0 bridgehead atoms. The Hall–Kier alpha value is -1.80. The number of aryl methyl sites for hydroxylation is 1. The first-order valence-electron chi connectivity index (χ1n) is 8.10. The molecule has 2 N–H and O–H groups in total. The Morgan fingerprint density at radius 3 is 2.18 bits per heavy atom. The summed E-state index contributed by atoms with van der Waals surface area (Å²) in [6.07, 6.45) is 0.936. The van der Waals surface area contributed by atoms with Crippen LogP contribution in [0.15, 0.2) is 48.5 Å². The number of hydrogen-bond acceptors (Lipinski definition) is 2. The van der Waals surface area contributed by atoms with Crippen molar-refractivity contribution in [3.05, 3.63) is 65.2 Å². The highest BCUT2D eigenvalue weighted by Gasteiger charge is 2.11. The van der Waals surface area contributed by atoms with Crippen LogP contribution in [0.4, 0.5) is 0 Å². The average Bonchev–Trinajstić information content (AvgIpc) is 2.53. The largest absolute Gasteiger partial charge is 0.493 e. The second-order valence-electron chi connectivity index (χ2n) is 6.16. The van der Waals surface area contributed by atoms with Gasteiger partial charge in [-0.15, -0.1) is 0 Å². The summed E-state index contributed by atoms with van der Waals surface area (Å²) >= 11 is 0. The van der Waals surface area contributed by atoms with Crippen LogP contribution in [0.25, 0.3) is 0 Å². The summed E-state index contributed by atoms with van der Waals surface area (Å²) in [4.78, 5) is 0. The fraction of sp³-hybridized carbons (Fsp3) is 0.400. The normalized spacial score (nSPS) is 12.4. The molecule has 0 aliphatic carbocycles. The molecule has 0 saturated heterocycles. The van der Waals surface area contributed by atoms with Crippen LogP contribution in [-0.2, 0) is 0 Å². The van der Waals surface area contributed by atoms with E-state index in [-0.39, 0.29) is 0 Å². The second-order valence-corrected chi connectivity index (χ2v) is 6.16. The van der Waals surface area contributed by atoms with Gasteiger partial charge in [0.25, 0.3) is 0 Å². The number of rotatable bonds is 7. The summed E-state index contributed by atoms with van der Waals surface area (Å²) in [5.74, 6) is 1.88. The van der Waals surface area contributed by atoms with Crippen LogP contribution in [0.5, 0.6) is 5.75 Å². The van der Waals surface area contributed by atoms with Gasteiger partial charge in [-0.2, -0.15) is 0 Å². The fourth-order valence-electron chi connectivity index (χ4n) is 2.60. The van der Waals surface area contributed by atoms with Crippen LogP contribution < -0.4 is 10.5 Å². The minimum absolute atomic E-state index is 0.352. The summed E-state index contributed by atoms with van der Waals surface area (Å²) in [6.45, 7) is 7.84. The predicted molar refractivity (Wildman–Crippen MR) is 93.6 cm³/mol. The molecule has 2 nitrogen and oxygen atoms in total. The third-order valence-electron chi connectivity index (χ3n) is 4.18. The molecule has 0 fully saturated rings. The van der Waals surface area contributed by atoms with Gasteiger partial charge in [0, 0.05) is 0 Å². The van der Waals surface area contributed by atoms with Crippen LogP contribution in [0.2, 0.25) is 0 Å². The first-order valence-corrected chi connectivity index (χ1v) is 8.10. The van der Waals surface area contributed by atoms with Gasteiger partial charge < -0.3 is 10.5 Å². The molecule has 22 heavy (non-hydrogen) atoms. The predicted octanol–water partition coefficient (Wildman–Crippen LogP) is 4.63. The topological polar surface area (TPSA) is 35.2 Å². The maximum absolute atomic E-state index is 5.96. The van der Waals surface area contributed by atoms with Gasteiger partial charge in [-0.3, -0.25) is 0 Å². The van der Waals surface area contributed by atoms with E-state index in [0.29, 0.717) is 25.0 Å². The zero-order valence-corrected chi connectivity index (χ0v) is 13.9. The number of ether oxygens (including phenoxy) is 1. The van der Waals surface area contributed by atoms with E-state index in [0.717, 1.165) is 12.2 Å². The third kappa shape index (κ3) is 4.35. The molecular weight excluding hydrogens is 270 g/mol. The number of benzene rings is 2. The van der Waals surface area contributed by atoms with Gasteiger partial charge in [0.05, 0.1) is 6.61 Å². The molecule has 2 rings (SSSR count). The summed E-state index contributed by atoms with van der Waals surface area (Å²) in [5, 5.41) is 0. The number of hydrogen-bond donors (Lipinski definition) is 1. The van der Waals surface area contributed by atoms with Gasteiger partial charge in [-0.25, -0.2) is 0 Å². The molecule has 0 aromatic heterocycles. The molecule has 0 saturated carbocycles. The van der Waals surface area contributed by atoms with Crippen molar-refractivity contribution in [2.24, 2.45) is 5.73 Å². The molecule has 0 aliphatic rings. The van der Waals surface area contributed by atoms with Crippen LogP contribution >= 0.6 is 0 Å². The summed E-state index contributed by atoms with van der Waals surface area (Å²) in [6, 6.07) is 17.0. The summed E-state index contributed by atoms with van der Waals surface area (Å²) in [5.41, 5.74) is 9.81. The number of nitrogens with two attached hydrogens (primary N) is 1. The van der Waals surface area contributed by atoms with Crippen molar-refractivity contribution in [3.8, 4) is 5.75 Å². The maximum atomic E-state index is 5.96. The Labute approximate surface area is 134 Å². The number of para-hydroxylation sites is 1. The molecule has 0 spiro atoms. The average molecular weight is 297 g/mol. The van der Waals surface area contributed by atoms with E-state index in [1.54, 1.807) is 0 Å². The minimum Gasteiger partial charge on any atom is -0.493 e. The molecule has 0 amide bonds. The molecule has 0 radical (unpaired) electrons. The van der Waals surface area contributed by atoms with Crippen LogP contribution in [0, 0.1) is 6.92 Å². The van der Waals surface area contributed by atoms with Crippen molar-refractivity contribution >= 4 is 0 Å². The lowest BCUT2D eigenvalue weighted by Crippen LogP contribution is -2.15. The lowest BCUT2D eigenvalue weighted by Gasteiger charge is -2.17. The first-order chi connectivity index (χ1) is 10.6. The Bertz CT molecular complexity index is 575. The van der Waals surface area contributed by atoms with Gasteiger partial charge in [0.1, 0.15) is 5.75 Å². The molecular formula is C20H27NO. The van der Waals surface area contributed by atoms with Crippen molar-refractivity contribution in [2.75, 3.05) is 13.2 Å². The highest BCUT2D eigenvalue weighted by Crippen LogP contribution is 2.23.